The number of hydrogen-bond donors (Lipinski definition) is 1. The van der Waals surface area contributed by atoms with E-state index < -0.39 is 4.92 Å². The molecule has 0 aliphatic heterocycles. The number of benzene rings is 1. The summed E-state index contributed by atoms with van der Waals surface area (Å²) in [7, 11) is 0. The normalized spacial score (nSPS) is 8.36. The topological polar surface area (TPSA) is 63.4 Å². The minimum Gasteiger partial charge on any atom is -0.502 e. The third-order valence-corrected chi connectivity index (χ3v) is 1.08. The van der Waals surface area contributed by atoms with Gasteiger partial charge in [0.15, 0.2) is 5.75 Å². The van der Waals surface area contributed by atoms with Crippen LogP contribution in [0, 0.1) is 10.1 Å². The minimum absolute atomic E-state index is 0. The van der Waals surface area contributed by atoms with Crippen molar-refractivity contribution in [1.82, 2.24) is 0 Å². The first kappa shape index (κ1) is 10.5. The van der Waals surface area contributed by atoms with E-state index in [0.29, 0.717) is 0 Å². The quantitative estimate of drug-likeness (QED) is 0.581. The molecule has 0 atom stereocenters. The molecule has 1 aromatic carbocycles. The molecule has 1 radical (unpaired) electrons. The van der Waals surface area contributed by atoms with Crippen molar-refractivity contribution in [3.63, 3.8) is 0 Å². The smallest absolute Gasteiger partial charge is 0.310 e. The molecule has 0 aliphatic rings. The fraction of sp³-hybridized carbons (Fsp3) is 0. The molecular weight excluding hydrogens is 223 g/mol. The summed E-state index contributed by atoms with van der Waals surface area (Å²) in [5, 5.41) is 18.9. The van der Waals surface area contributed by atoms with E-state index in [4.69, 9.17) is 5.11 Å². The summed E-state index contributed by atoms with van der Waals surface area (Å²) in [6.07, 6.45) is 0. The maximum absolute atomic E-state index is 10.1. The van der Waals surface area contributed by atoms with Crippen LogP contribution >= 0.6 is 0 Å². The molecular formula is C6H5NO3Y. The van der Waals surface area contributed by atoms with Crippen LogP contribution in [0.2, 0.25) is 0 Å². The van der Waals surface area contributed by atoms with Gasteiger partial charge in [-0.2, -0.15) is 0 Å². The molecule has 1 aromatic rings. The summed E-state index contributed by atoms with van der Waals surface area (Å²) >= 11 is 0. The zero-order valence-corrected chi connectivity index (χ0v) is 8.44. The first-order valence-corrected chi connectivity index (χ1v) is 2.64. The molecule has 5 heteroatoms. The zero-order chi connectivity index (χ0) is 7.56. The van der Waals surface area contributed by atoms with Gasteiger partial charge in [-0.15, -0.1) is 0 Å². The Morgan fingerprint density at radius 2 is 1.91 bits per heavy atom. The van der Waals surface area contributed by atoms with Crippen molar-refractivity contribution >= 4 is 5.69 Å². The Morgan fingerprint density at radius 3 is 2.27 bits per heavy atom. The van der Waals surface area contributed by atoms with Gasteiger partial charge in [0.05, 0.1) is 4.92 Å². The third kappa shape index (κ3) is 2.56. The van der Waals surface area contributed by atoms with Crippen LogP contribution in [0.15, 0.2) is 24.3 Å². The molecule has 0 saturated carbocycles. The third-order valence-electron chi connectivity index (χ3n) is 1.08. The molecule has 0 saturated heterocycles. The first-order chi connectivity index (χ1) is 4.72. The van der Waals surface area contributed by atoms with Gasteiger partial charge in [-0.25, -0.2) is 0 Å². The molecule has 0 aromatic heterocycles. The largest absolute Gasteiger partial charge is 0.502 e. The van der Waals surface area contributed by atoms with Crippen molar-refractivity contribution in [2.75, 3.05) is 0 Å². The Balaban J connectivity index is 0.000001000. The standard InChI is InChI=1S/C6H5NO3.Y/c8-6-4-2-1-3-5(6)7(9)10;/h1-4,8H;. The second-order valence-electron chi connectivity index (χ2n) is 1.75. The van der Waals surface area contributed by atoms with E-state index in [2.05, 4.69) is 0 Å². The summed E-state index contributed by atoms with van der Waals surface area (Å²) in [5.74, 6) is -0.299. The summed E-state index contributed by atoms with van der Waals surface area (Å²) in [6, 6.07) is 5.55. The number of rotatable bonds is 1. The molecule has 0 aliphatic carbocycles. The summed E-state index contributed by atoms with van der Waals surface area (Å²) in [6.45, 7) is 0. The first-order valence-electron chi connectivity index (χ1n) is 2.64. The van der Waals surface area contributed by atoms with Gasteiger partial charge in [0.25, 0.3) is 0 Å². The van der Waals surface area contributed by atoms with Gasteiger partial charge >= 0.3 is 5.69 Å². The minimum atomic E-state index is -0.630. The van der Waals surface area contributed by atoms with Crippen molar-refractivity contribution < 1.29 is 42.7 Å². The van der Waals surface area contributed by atoms with Crippen LogP contribution in [0.5, 0.6) is 5.75 Å². The van der Waals surface area contributed by atoms with E-state index in [1.807, 2.05) is 0 Å². The van der Waals surface area contributed by atoms with Crippen LogP contribution in [-0.2, 0) is 32.7 Å². The number of hydrogen-bond acceptors (Lipinski definition) is 3. The molecule has 0 spiro atoms. The Morgan fingerprint density at radius 1 is 1.36 bits per heavy atom. The van der Waals surface area contributed by atoms with Crippen LogP contribution in [-0.4, -0.2) is 10.0 Å². The van der Waals surface area contributed by atoms with Crippen LogP contribution in [0.1, 0.15) is 0 Å². The molecule has 0 amide bonds. The molecule has 4 nitrogen and oxygen atoms in total. The fourth-order valence-electron chi connectivity index (χ4n) is 0.619. The number of phenolic OH excluding ortho intramolecular Hbond substituents is 1. The molecule has 55 valence electrons. The van der Waals surface area contributed by atoms with Gasteiger partial charge in [0.2, 0.25) is 0 Å². The average Bonchev–Trinajstić information content (AvgIpc) is 1.88. The predicted molar refractivity (Wildman–Crippen MR) is 34.8 cm³/mol. The molecule has 0 unspecified atom stereocenters. The zero-order valence-electron chi connectivity index (χ0n) is 5.60. The monoisotopic (exact) mass is 228 g/mol. The van der Waals surface area contributed by atoms with Crippen molar-refractivity contribution in [2.24, 2.45) is 0 Å². The molecule has 11 heavy (non-hydrogen) atoms. The maximum atomic E-state index is 10.1. The number of aromatic hydroxyl groups is 1. The van der Waals surface area contributed by atoms with E-state index in [9.17, 15) is 10.1 Å². The average molecular weight is 228 g/mol. The number of nitrogens with zero attached hydrogens (tertiary/aromatic N) is 1. The van der Waals surface area contributed by atoms with E-state index in [1.165, 1.54) is 24.3 Å². The molecule has 1 N–H and O–H groups in total. The summed E-state index contributed by atoms with van der Waals surface area (Å²) in [4.78, 5) is 9.44. The molecule has 0 fully saturated rings. The summed E-state index contributed by atoms with van der Waals surface area (Å²) in [5.41, 5.74) is -0.262. The van der Waals surface area contributed by atoms with Crippen LogP contribution in [0.3, 0.4) is 0 Å². The van der Waals surface area contributed by atoms with Gasteiger partial charge in [-0.1, -0.05) is 12.1 Å². The van der Waals surface area contributed by atoms with E-state index in [-0.39, 0.29) is 44.1 Å². The van der Waals surface area contributed by atoms with Gasteiger partial charge < -0.3 is 5.11 Å². The summed E-state index contributed by atoms with van der Waals surface area (Å²) < 4.78 is 0. The van der Waals surface area contributed by atoms with Gasteiger partial charge in [-0.05, 0) is 6.07 Å². The second-order valence-corrected chi connectivity index (χ2v) is 1.75. The SMILES string of the molecule is O=[N+]([O-])c1ccccc1O.[Y]. The Kier molecular flexibility index (Phi) is 4.22. The Labute approximate surface area is 88.3 Å². The van der Waals surface area contributed by atoms with Crippen LogP contribution < -0.4 is 0 Å². The Bertz CT molecular complexity index is 264. The van der Waals surface area contributed by atoms with Crippen molar-refractivity contribution in [2.45, 2.75) is 0 Å². The Hall–Kier alpha value is -0.476. The van der Waals surface area contributed by atoms with Crippen LogP contribution in [0.4, 0.5) is 5.69 Å². The molecule has 0 heterocycles. The second kappa shape index (κ2) is 4.41. The number of phenols is 1. The predicted octanol–water partition coefficient (Wildman–Crippen LogP) is 1.30. The van der Waals surface area contributed by atoms with Crippen molar-refractivity contribution in [1.29, 1.82) is 0 Å². The van der Waals surface area contributed by atoms with E-state index >= 15 is 0 Å². The number of nitro groups is 1. The van der Waals surface area contributed by atoms with Gasteiger partial charge in [-0.3, -0.25) is 10.1 Å². The van der Waals surface area contributed by atoms with Crippen LogP contribution in [0.25, 0.3) is 0 Å². The van der Waals surface area contributed by atoms with E-state index in [1.54, 1.807) is 0 Å². The maximum Gasteiger partial charge on any atom is 0.310 e. The molecule has 1 rings (SSSR count). The number of nitro benzene ring substituents is 1. The van der Waals surface area contributed by atoms with Crippen molar-refractivity contribution in [3.8, 4) is 5.75 Å². The van der Waals surface area contributed by atoms with Gasteiger partial charge in [0.1, 0.15) is 0 Å². The molecule has 0 bridgehead atoms. The van der Waals surface area contributed by atoms with Gasteiger partial charge in [0, 0.05) is 38.8 Å². The number of para-hydroxylation sites is 2. The van der Waals surface area contributed by atoms with Crippen molar-refractivity contribution in [3.05, 3.63) is 34.4 Å². The fourth-order valence-corrected chi connectivity index (χ4v) is 0.619. The van der Waals surface area contributed by atoms with E-state index in [0.717, 1.165) is 0 Å².